The van der Waals surface area contributed by atoms with Gasteiger partial charge in [0.05, 0.1) is 5.56 Å². The Morgan fingerprint density at radius 3 is 2.58 bits per heavy atom. The number of nitrogens with two attached hydrogens (primary N) is 1. The number of benzene rings is 2. The second-order valence-electron chi connectivity index (χ2n) is 5.93. The third-order valence-corrected chi connectivity index (χ3v) is 4.18. The lowest BCUT2D eigenvalue weighted by Crippen LogP contribution is -2.39. The number of hydrogen-bond donors (Lipinski definition) is 2. The predicted molar refractivity (Wildman–Crippen MR) is 90.9 cm³/mol. The van der Waals surface area contributed by atoms with E-state index in [9.17, 15) is 9.59 Å². The first kappa shape index (κ1) is 16.1. The number of amides is 2. The summed E-state index contributed by atoms with van der Waals surface area (Å²) in [6, 6.07) is 15.3. The molecule has 0 aromatic heterocycles. The number of carbonyl (C=O) groups excluding carboxylic acids is 2. The normalized spacial score (nSPS) is 16.1. The number of primary amides is 1. The SMILES string of the molecule is NC(=O)COc1ccccc1C(=O)NC1CCc2ccccc2C1. The molecule has 0 spiro atoms. The van der Waals surface area contributed by atoms with Crippen LogP contribution in [0.5, 0.6) is 5.75 Å². The lowest BCUT2D eigenvalue weighted by atomic mass is 9.88. The van der Waals surface area contributed by atoms with Gasteiger partial charge >= 0.3 is 0 Å². The molecule has 5 nitrogen and oxygen atoms in total. The zero-order valence-corrected chi connectivity index (χ0v) is 13.3. The molecule has 3 N–H and O–H groups in total. The average molecular weight is 324 g/mol. The number of carbonyl (C=O) groups is 2. The van der Waals surface area contributed by atoms with Crippen LogP contribution in [0.1, 0.15) is 27.9 Å². The van der Waals surface area contributed by atoms with Gasteiger partial charge in [-0.15, -0.1) is 0 Å². The zero-order valence-electron chi connectivity index (χ0n) is 13.3. The van der Waals surface area contributed by atoms with E-state index in [1.54, 1.807) is 24.3 Å². The van der Waals surface area contributed by atoms with E-state index in [0.717, 1.165) is 19.3 Å². The van der Waals surface area contributed by atoms with E-state index >= 15 is 0 Å². The number of fused-ring (bicyclic) bond motifs is 1. The van der Waals surface area contributed by atoms with Crippen molar-refractivity contribution >= 4 is 11.8 Å². The van der Waals surface area contributed by atoms with Crippen molar-refractivity contribution in [3.63, 3.8) is 0 Å². The Kier molecular flexibility index (Phi) is 4.79. The summed E-state index contributed by atoms with van der Waals surface area (Å²) in [7, 11) is 0. The number of hydrogen-bond acceptors (Lipinski definition) is 3. The van der Waals surface area contributed by atoms with Gasteiger partial charge in [0, 0.05) is 6.04 Å². The lowest BCUT2D eigenvalue weighted by molar-refractivity contribution is -0.119. The van der Waals surface area contributed by atoms with Crippen LogP contribution in [0.15, 0.2) is 48.5 Å². The highest BCUT2D eigenvalue weighted by Gasteiger charge is 2.21. The molecule has 0 radical (unpaired) electrons. The molecule has 1 aliphatic rings. The second-order valence-corrected chi connectivity index (χ2v) is 5.93. The minimum absolute atomic E-state index is 0.0941. The van der Waals surface area contributed by atoms with Crippen molar-refractivity contribution in [2.45, 2.75) is 25.3 Å². The molecule has 3 rings (SSSR count). The van der Waals surface area contributed by atoms with Crippen LogP contribution >= 0.6 is 0 Å². The Bertz CT molecular complexity index is 758. The first-order valence-electron chi connectivity index (χ1n) is 8.01. The molecule has 0 saturated carbocycles. The molecular weight excluding hydrogens is 304 g/mol. The van der Waals surface area contributed by atoms with Crippen LogP contribution in [-0.2, 0) is 17.6 Å². The van der Waals surface area contributed by atoms with Gasteiger partial charge in [0.1, 0.15) is 5.75 Å². The van der Waals surface area contributed by atoms with Crippen LogP contribution in [0.3, 0.4) is 0 Å². The molecule has 0 fully saturated rings. The van der Waals surface area contributed by atoms with Crippen molar-refractivity contribution in [3.8, 4) is 5.75 Å². The number of para-hydroxylation sites is 1. The van der Waals surface area contributed by atoms with Crippen LogP contribution in [0, 0.1) is 0 Å². The summed E-state index contributed by atoms with van der Waals surface area (Å²) in [6.07, 6.45) is 2.69. The quantitative estimate of drug-likeness (QED) is 0.880. The minimum atomic E-state index is -0.575. The highest BCUT2D eigenvalue weighted by Crippen LogP contribution is 2.23. The van der Waals surface area contributed by atoms with Gasteiger partial charge in [-0.05, 0) is 42.5 Å². The van der Waals surface area contributed by atoms with Gasteiger partial charge in [-0.1, -0.05) is 36.4 Å². The van der Waals surface area contributed by atoms with Gasteiger partial charge < -0.3 is 15.8 Å². The van der Waals surface area contributed by atoms with Crippen molar-refractivity contribution in [3.05, 3.63) is 65.2 Å². The Labute approximate surface area is 140 Å². The molecule has 0 aliphatic heterocycles. The molecule has 0 bridgehead atoms. The summed E-state index contributed by atoms with van der Waals surface area (Å²) < 4.78 is 5.33. The van der Waals surface area contributed by atoms with Crippen LogP contribution in [0.4, 0.5) is 0 Å². The lowest BCUT2D eigenvalue weighted by Gasteiger charge is -2.25. The molecule has 1 unspecified atom stereocenters. The third-order valence-electron chi connectivity index (χ3n) is 4.18. The van der Waals surface area contributed by atoms with Crippen LogP contribution in [0.2, 0.25) is 0 Å². The Morgan fingerprint density at radius 2 is 1.79 bits per heavy atom. The number of rotatable bonds is 5. The molecular formula is C19H20N2O3. The Hall–Kier alpha value is -2.82. The van der Waals surface area contributed by atoms with Crippen LogP contribution in [-0.4, -0.2) is 24.5 Å². The van der Waals surface area contributed by atoms with E-state index in [2.05, 4.69) is 17.4 Å². The highest BCUT2D eigenvalue weighted by atomic mass is 16.5. The average Bonchev–Trinajstić information content (AvgIpc) is 2.60. The van der Waals surface area contributed by atoms with Gasteiger partial charge in [-0.2, -0.15) is 0 Å². The van der Waals surface area contributed by atoms with E-state index in [0.29, 0.717) is 11.3 Å². The largest absolute Gasteiger partial charge is 0.483 e. The smallest absolute Gasteiger partial charge is 0.255 e. The fraction of sp³-hybridized carbons (Fsp3) is 0.263. The van der Waals surface area contributed by atoms with Crippen LogP contribution in [0.25, 0.3) is 0 Å². The third kappa shape index (κ3) is 3.74. The maximum absolute atomic E-state index is 12.6. The van der Waals surface area contributed by atoms with Crippen molar-refractivity contribution < 1.29 is 14.3 Å². The zero-order chi connectivity index (χ0) is 16.9. The molecule has 1 aliphatic carbocycles. The molecule has 0 heterocycles. The summed E-state index contributed by atoms with van der Waals surface area (Å²) in [4.78, 5) is 23.5. The van der Waals surface area contributed by atoms with Gasteiger partial charge in [0.15, 0.2) is 6.61 Å². The molecule has 124 valence electrons. The minimum Gasteiger partial charge on any atom is -0.483 e. The topological polar surface area (TPSA) is 81.4 Å². The fourth-order valence-electron chi connectivity index (χ4n) is 3.01. The maximum Gasteiger partial charge on any atom is 0.255 e. The summed E-state index contributed by atoms with van der Waals surface area (Å²) in [6.45, 7) is -0.249. The van der Waals surface area contributed by atoms with Crippen LogP contribution < -0.4 is 15.8 Å². The van der Waals surface area contributed by atoms with E-state index < -0.39 is 5.91 Å². The second kappa shape index (κ2) is 7.17. The highest BCUT2D eigenvalue weighted by molar-refractivity contribution is 5.97. The summed E-state index contributed by atoms with van der Waals surface area (Å²) in [5, 5.41) is 3.07. The number of aryl methyl sites for hydroxylation is 1. The summed E-state index contributed by atoms with van der Waals surface area (Å²) in [5.74, 6) is -0.404. The first-order chi connectivity index (χ1) is 11.6. The monoisotopic (exact) mass is 324 g/mol. The molecule has 5 heteroatoms. The van der Waals surface area contributed by atoms with E-state index in [1.807, 2.05) is 12.1 Å². The van der Waals surface area contributed by atoms with Gasteiger partial charge in [-0.3, -0.25) is 9.59 Å². The number of nitrogens with one attached hydrogen (secondary N) is 1. The van der Waals surface area contributed by atoms with Crippen molar-refractivity contribution in [1.29, 1.82) is 0 Å². The van der Waals surface area contributed by atoms with E-state index in [1.165, 1.54) is 11.1 Å². The predicted octanol–water partition coefficient (Wildman–Crippen LogP) is 1.84. The Balaban J connectivity index is 1.69. The fourth-order valence-corrected chi connectivity index (χ4v) is 3.01. The standard InChI is InChI=1S/C19H20N2O3/c20-18(22)12-24-17-8-4-3-7-16(17)19(23)21-15-10-9-13-5-1-2-6-14(13)11-15/h1-8,15H,9-12H2,(H2,20,22)(H,21,23). The first-order valence-corrected chi connectivity index (χ1v) is 8.01. The summed E-state index contributed by atoms with van der Waals surface area (Å²) >= 11 is 0. The van der Waals surface area contributed by atoms with Gasteiger partial charge in [0.2, 0.25) is 0 Å². The summed E-state index contributed by atoms with van der Waals surface area (Å²) in [5.41, 5.74) is 8.15. The van der Waals surface area contributed by atoms with E-state index in [4.69, 9.17) is 10.5 Å². The van der Waals surface area contributed by atoms with Gasteiger partial charge in [-0.25, -0.2) is 0 Å². The Morgan fingerprint density at radius 1 is 1.08 bits per heavy atom. The molecule has 24 heavy (non-hydrogen) atoms. The molecule has 0 saturated heterocycles. The van der Waals surface area contributed by atoms with Crippen molar-refractivity contribution in [1.82, 2.24) is 5.32 Å². The van der Waals surface area contributed by atoms with Crippen molar-refractivity contribution in [2.24, 2.45) is 5.73 Å². The van der Waals surface area contributed by atoms with Crippen molar-refractivity contribution in [2.75, 3.05) is 6.61 Å². The maximum atomic E-state index is 12.6. The molecule has 2 aromatic rings. The van der Waals surface area contributed by atoms with Gasteiger partial charge in [0.25, 0.3) is 11.8 Å². The number of ether oxygens (including phenoxy) is 1. The molecule has 1 atom stereocenters. The van der Waals surface area contributed by atoms with E-state index in [-0.39, 0.29) is 18.6 Å². The molecule has 2 aromatic carbocycles. The molecule has 2 amide bonds.